The van der Waals surface area contributed by atoms with Crippen molar-refractivity contribution >= 4 is 34.7 Å². The van der Waals surface area contributed by atoms with E-state index in [-0.39, 0.29) is 5.91 Å². The molecule has 0 saturated carbocycles. The first-order valence-electron chi connectivity index (χ1n) is 5.52. The molecule has 0 spiro atoms. The molecule has 1 amide bonds. The maximum absolute atomic E-state index is 12.0. The molecule has 0 unspecified atom stereocenters. The number of benzene rings is 1. The van der Waals surface area contributed by atoms with Gasteiger partial charge >= 0.3 is 0 Å². The smallest absolute Gasteiger partial charge is 0.267 e. The van der Waals surface area contributed by atoms with E-state index in [9.17, 15) is 4.79 Å². The first-order chi connectivity index (χ1) is 9.24. The minimum atomic E-state index is -0.384. The minimum Gasteiger partial charge on any atom is -0.267 e. The van der Waals surface area contributed by atoms with Crippen LogP contribution in [-0.4, -0.2) is 14.7 Å². The zero-order chi connectivity index (χ0) is 13.2. The Bertz CT molecular complexity index is 786. The highest BCUT2D eigenvalue weighted by atomic mass is 35.5. The van der Waals surface area contributed by atoms with E-state index in [0.717, 1.165) is 5.65 Å². The highest BCUT2D eigenvalue weighted by Crippen LogP contribution is 2.15. The molecule has 3 aromatic rings. The van der Waals surface area contributed by atoms with Crippen molar-refractivity contribution < 1.29 is 4.79 Å². The fourth-order valence-corrected chi connectivity index (χ4v) is 2.59. The third kappa shape index (κ3) is 2.43. The van der Waals surface area contributed by atoms with Crippen LogP contribution in [0.25, 0.3) is 5.65 Å². The monoisotopic (exact) mass is 289 g/mol. The van der Waals surface area contributed by atoms with Gasteiger partial charge < -0.3 is 0 Å². The van der Waals surface area contributed by atoms with Gasteiger partial charge in [-0.25, -0.2) is 0 Å². The van der Waals surface area contributed by atoms with Crippen LogP contribution in [0.15, 0.2) is 53.7 Å². The Morgan fingerprint density at radius 2 is 2.00 bits per heavy atom. The molecule has 94 valence electrons. The van der Waals surface area contributed by atoms with Crippen molar-refractivity contribution in [3.8, 4) is 0 Å². The van der Waals surface area contributed by atoms with Crippen LogP contribution in [0.4, 0.5) is 0 Å². The Balaban J connectivity index is 2.06. The molecule has 0 radical (unpaired) electrons. The van der Waals surface area contributed by atoms with E-state index in [2.05, 4.69) is 9.98 Å². The summed E-state index contributed by atoms with van der Waals surface area (Å²) in [4.78, 5) is 20.7. The zero-order valence-electron chi connectivity index (χ0n) is 9.65. The molecule has 0 aliphatic carbocycles. The number of hydrogen-bond acceptors (Lipinski definition) is 3. The zero-order valence-corrected chi connectivity index (χ0v) is 11.2. The molecule has 0 atom stereocenters. The lowest BCUT2D eigenvalue weighted by Crippen LogP contribution is -2.05. The summed E-state index contributed by atoms with van der Waals surface area (Å²) in [5.74, 6) is -0.384. The van der Waals surface area contributed by atoms with Gasteiger partial charge in [-0.2, -0.15) is 9.98 Å². The number of aromatic nitrogens is 2. The molecule has 0 aliphatic rings. The standard InChI is InChI=1S/C13H8ClN3OS/c14-10-6-2-1-5-9(10)12(18)16-13-15-11-7-3-4-8-17(11)19-13/h1-8H. The molecule has 0 aliphatic heterocycles. The average molecular weight is 290 g/mol. The number of nitrogens with zero attached hydrogens (tertiary/aromatic N) is 3. The van der Waals surface area contributed by atoms with E-state index in [4.69, 9.17) is 11.6 Å². The van der Waals surface area contributed by atoms with E-state index >= 15 is 0 Å². The van der Waals surface area contributed by atoms with Gasteiger partial charge in [0.15, 0.2) is 0 Å². The highest BCUT2D eigenvalue weighted by Gasteiger charge is 2.08. The van der Waals surface area contributed by atoms with Crippen LogP contribution >= 0.6 is 23.1 Å². The molecule has 0 saturated heterocycles. The molecule has 0 N–H and O–H groups in total. The SMILES string of the molecule is O=C(N=c1nc2ccccn2s1)c1ccccc1Cl. The summed E-state index contributed by atoms with van der Waals surface area (Å²) in [5.41, 5.74) is 1.15. The largest absolute Gasteiger partial charge is 0.281 e. The Hall–Kier alpha value is -1.98. The molecule has 1 aromatic carbocycles. The molecule has 4 nitrogen and oxygen atoms in total. The fourth-order valence-electron chi connectivity index (χ4n) is 1.62. The number of pyridine rings is 1. The average Bonchev–Trinajstić information content (AvgIpc) is 2.81. The molecule has 0 fully saturated rings. The quantitative estimate of drug-likeness (QED) is 0.691. The molecule has 2 heterocycles. The maximum Gasteiger partial charge on any atom is 0.281 e. The predicted molar refractivity (Wildman–Crippen MR) is 74.4 cm³/mol. The molecule has 6 heteroatoms. The van der Waals surface area contributed by atoms with Crippen LogP contribution in [0.1, 0.15) is 10.4 Å². The summed E-state index contributed by atoms with van der Waals surface area (Å²) in [6, 6.07) is 12.5. The summed E-state index contributed by atoms with van der Waals surface area (Å²) < 4.78 is 1.85. The number of hydrogen-bond donors (Lipinski definition) is 0. The van der Waals surface area contributed by atoms with Crippen molar-refractivity contribution in [1.29, 1.82) is 0 Å². The Kier molecular flexibility index (Phi) is 3.15. The van der Waals surface area contributed by atoms with Gasteiger partial charge in [-0.3, -0.25) is 8.58 Å². The Morgan fingerprint density at radius 3 is 2.79 bits per heavy atom. The predicted octanol–water partition coefficient (Wildman–Crippen LogP) is 2.79. The molecule has 3 rings (SSSR count). The highest BCUT2D eigenvalue weighted by molar-refractivity contribution is 7.03. The maximum atomic E-state index is 12.0. The molecule has 0 bridgehead atoms. The van der Waals surface area contributed by atoms with Gasteiger partial charge in [0.1, 0.15) is 5.65 Å². The van der Waals surface area contributed by atoms with Gasteiger partial charge in [0.2, 0.25) is 4.80 Å². The van der Waals surface area contributed by atoms with Crippen LogP contribution < -0.4 is 4.80 Å². The lowest BCUT2D eigenvalue weighted by molar-refractivity contribution is 0.0998. The van der Waals surface area contributed by atoms with E-state index in [1.54, 1.807) is 24.3 Å². The number of amides is 1. The van der Waals surface area contributed by atoms with E-state index in [1.165, 1.54) is 11.5 Å². The van der Waals surface area contributed by atoms with Gasteiger partial charge in [0, 0.05) is 6.20 Å². The van der Waals surface area contributed by atoms with Crippen LogP contribution in [0.2, 0.25) is 5.02 Å². The summed E-state index contributed by atoms with van der Waals surface area (Å²) in [5, 5.41) is 0.394. The second kappa shape index (κ2) is 4.95. The van der Waals surface area contributed by atoms with E-state index in [1.807, 2.05) is 28.2 Å². The summed E-state index contributed by atoms with van der Waals surface area (Å²) >= 11 is 7.26. The van der Waals surface area contributed by atoms with Gasteiger partial charge in [-0.1, -0.05) is 29.8 Å². The number of rotatable bonds is 1. The van der Waals surface area contributed by atoms with Crippen LogP contribution in [0.3, 0.4) is 0 Å². The van der Waals surface area contributed by atoms with Gasteiger partial charge in [0.25, 0.3) is 5.91 Å². The Labute approximate surface area is 117 Å². The van der Waals surface area contributed by atoms with E-state index in [0.29, 0.717) is 15.4 Å². The lowest BCUT2D eigenvalue weighted by Gasteiger charge is -1.96. The van der Waals surface area contributed by atoms with Crippen molar-refractivity contribution in [1.82, 2.24) is 8.77 Å². The molecular weight excluding hydrogens is 282 g/mol. The molecule has 19 heavy (non-hydrogen) atoms. The summed E-state index contributed by atoms with van der Waals surface area (Å²) in [7, 11) is 0. The fraction of sp³-hybridized carbons (Fsp3) is 0. The Morgan fingerprint density at radius 1 is 1.21 bits per heavy atom. The van der Waals surface area contributed by atoms with Crippen LogP contribution in [0, 0.1) is 0 Å². The normalized spacial score (nSPS) is 11.9. The second-order valence-corrected chi connectivity index (χ2v) is 5.12. The van der Waals surface area contributed by atoms with Crippen molar-refractivity contribution in [2.45, 2.75) is 0 Å². The number of halogens is 1. The van der Waals surface area contributed by atoms with Crippen LogP contribution in [-0.2, 0) is 0 Å². The summed E-state index contributed by atoms with van der Waals surface area (Å²) in [6.07, 6.45) is 1.87. The van der Waals surface area contributed by atoms with E-state index < -0.39 is 0 Å². The molecular formula is C13H8ClN3OS. The first-order valence-corrected chi connectivity index (χ1v) is 6.67. The van der Waals surface area contributed by atoms with Gasteiger partial charge in [-0.05, 0) is 35.8 Å². The van der Waals surface area contributed by atoms with Gasteiger partial charge in [-0.15, -0.1) is 0 Å². The number of fused-ring (bicyclic) bond motifs is 1. The van der Waals surface area contributed by atoms with Crippen molar-refractivity contribution in [2.24, 2.45) is 4.99 Å². The lowest BCUT2D eigenvalue weighted by atomic mass is 10.2. The van der Waals surface area contributed by atoms with Crippen LogP contribution in [0.5, 0.6) is 0 Å². The topological polar surface area (TPSA) is 46.7 Å². The van der Waals surface area contributed by atoms with Crippen molar-refractivity contribution in [3.05, 3.63) is 64.0 Å². The second-order valence-electron chi connectivity index (χ2n) is 3.77. The minimum absolute atomic E-state index is 0.383. The first kappa shape index (κ1) is 12.1. The number of carbonyl (C=O) groups excluding carboxylic acids is 1. The van der Waals surface area contributed by atoms with Crippen molar-refractivity contribution in [2.75, 3.05) is 0 Å². The van der Waals surface area contributed by atoms with Gasteiger partial charge in [0.05, 0.1) is 10.6 Å². The molecule has 2 aromatic heterocycles. The third-order valence-electron chi connectivity index (χ3n) is 2.50. The third-order valence-corrected chi connectivity index (χ3v) is 3.68. The van der Waals surface area contributed by atoms with Crippen molar-refractivity contribution in [3.63, 3.8) is 0 Å². The number of carbonyl (C=O) groups is 1. The summed E-state index contributed by atoms with van der Waals surface area (Å²) in [6.45, 7) is 0.